The third kappa shape index (κ3) is 5.54. The number of sulfone groups is 1. The van der Waals surface area contributed by atoms with E-state index in [9.17, 15) is 8.42 Å². The molecular weight excluding hydrogens is 460 g/mol. The van der Waals surface area contributed by atoms with Crippen molar-refractivity contribution in [2.45, 2.75) is 37.9 Å². The van der Waals surface area contributed by atoms with Crippen LogP contribution in [0.15, 0.2) is 96.9 Å². The molecule has 3 rings (SSSR count). The first kappa shape index (κ1) is 26.0. The zero-order chi connectivity index (χ0) is 24.8. The van der Waals surface area contributed by atoms with Gasteiger partial charge in [0.25, 0.3) is 8.32 Å². The molecule has 180 valence electrons. The maximum Gasteiger partial charge on any atom is 0.261 e. The van der Waals surface area contributed by atoms with Crippen molar-refractivity contribution < 1.29 is 12.8 Å². The molecule has 1 aromatic heterocycles. The molecule has 0 aliphatic heterocycles. The number of benzene rings is 2. The molecule has 0 saturated heterocycles. The molecule has 2 unspecified atom stereocenters. The lowest BCUT2D eigenvalue weighted by Crippen LogP contribution is -2.67. The van der Waals surface area contributed by atoms with E-state index < -0.39 is 18.2 Å². The zero-order valence-electron chi connectivity index (χ0n) is 20.4. The monoisotopic (exact) mass is 494 g/mol. The second kappa shape index (κ2) is 10.8. The normalized spacial score (nSPS) is 14.4. The Morgan fingerprint density at radius 3 is 1.88 bits per heavy atom. The minimum atomic E-state index is -3.62. The van der Waals surface area contributed by atoms with Crippen LogP contribution in [0.4, 0.5) is 0 Å². The van der Waals surface area contributed by atoms with Crippen molar-refractivity contribution in [3.8, 4) is 0 Å². The van der Waals surface area contributed by atoms with Crippen molar-refractivity contribution in [2.24, 2.45) is 11.8 Å². The Morgan fingerprint density at radius 1 is 0.941 bits per heavy atom. The molecule has 0 aliphatic rings. The molecule has 34 heavy (non-hydrogen) atoms. The van der Waals surface area contributed by atoms with Crippen LogP contribution in [-0.2, 0) is 14.3 Å². The van der Waals surface area contributed by atoms with Crippen LogP contribution in [0.5, 0.6) is 0 Å². The number of aromatic nitrogens is 2. The standard InChI is InChI=1S/C27H34N2O3SSi/c1-6-23(22(2)21-33(30,31)26-28-18-13-19-29-26)20-32-34(27(3,4)5,24-14-9-7-10-15-24)25-16-11-8-12-17-25/h6-19,22-23H,1,20-21H2,2-5H3. The molecule has 1 heterocycles. The largest absolute Gasteiger partial charge is 0.407 e. The van der Waals surface area contributed by atoms with E-state index in [0.717, 1.165) is 0 Å². The van der Waals surface area contributed by atoms with E-state index in [1.54, 1.807) is 6.07 Å². The smallest absolute Gasteiger partial charge is 0.261 e. The molecule has 0 radical (unpaired) electrons. The van der Waals surface area contributed by atoms with Crippen LogP contribution < -0.4 is 10.4 Å². The predicted octanol–water partition coefficient (Wildman–Crippen LogP) is 4.27. The van der Waals surface area contributed by atoms with Crippen LogP contribution >= 0.6 is 0 Å². The van der Waals surface area contributed by atoms with Crippen molar-refractivity contribution in [1.82, 2.24) is 9.97 Å². The number of nitrogens with zero attached hydrogens (tertiary/aromatic N) is 2. The Hall–Kier alpha value is -2.61. The Kier molecular flexibility index (Phi) is 8.23. The van der Waals surface area contributed by atoms with Gasteiger partial charge in [0, 0.05) is 24.9 Å². The van der Waals surface area contributed by atoms with Crippen LogP contribution in [0.2, 0.25) is 5.04 Å². The number of hydrogen-bond acceptors (Lipinski definition) is 5. The summed E-state index contributed by atoms with van der Waals surface area (Å²) in [6.45, 7) is 13.0. The average molecular weight is 495 g/mol. The molecule has 0 saturated carbocycles. The van der Waals surface area contributed by atoms with Gasteiger partial charge in [0.15, 0.2) is 0 Å². The van der Waals surface area contributed by atoms with E-state index >= 15 is 0 Å². The van der Waals surface area contributed by atoms with Crippen LogP contribution in [-0.4, -0.2) is 39.1 Å². The molecule has 2 atom stereocenters. The topological polar surface area (TPSA) is 69.2 Å². The van der Waals surface area contributed by atoms with Crippen LogP contribution in [0.3, 0.4) is 0 Å². The highest BCUT2D eigenvalue weighted by Crippen LogP contribution is 2.37. The van der Waals surface area contributed by atoms with Crippen molar-refractivity contribution in [1.29, 1.82) is 0 Å². The number of hydrogen-bond donors (Lipinski definition) is 0. The highest BCUT2D eigenvalue weighted by molar-refractivity contribution is 7.91. The van der Waals surface area contributed by atoms with Crippen LogP contribution in [0.25, 0.3) is 0 Å². The van der Waals surface area contributed by atoms with Gasteiger partial charge in [-0.2, -0.15) is 0 Å². The minimum absolute atomic E-state index is 0.0716. The van der Waals surface area contributed by atoms with Gasteiger partial charge in [0.1, 0.15) is 0 Å². The lowest BCUT2D eigenvalue weighted by atomic mass is 9.97. The Labute approximate surface area is 205 Å². The lowest BCUT2D eigenvalue weighted by Gasteiger charge is -2.44. The second-order valence-corrected chi connectivity index (χ2v) is 15.9. The van der Waals surface area contributed by atoms with Gasteiger partial charge in [-0.05, 0) is 27.4 Å². The zero-order valence-corrected chi connectivity index (χ0v) is 22.2. The van der Waals surface area contributed by atoms with Crippen LogP contribution in [0, 0.1) is 11.8 Å². The Morgan fingerprint density at radius 2 is 1.44 bits per heavy atom. The van der Waals surface area contributed by atoms with E-state index in [1.165, 1.54) is 22.8 Å². The SMILES string of the molecule is C=CC(CO[Si](c1ccccc1)(c1ccccc1)C(C)(C)C)C(C)CS(=O)(=O)c1ncccn1. The predicted molar refractivity (Wildman–Crippen MR) is 141 cm³/mol. The van der Waals surface area contributed by atoms with E-state index in [-0.39, 0.29) is 27.8 Å². The highest BCUT2D eigenvalue weighted by atomic mass is 32.2. The van der Waals surface area contributed by atoms with E-state index in [1.807, 2.05) is 25.1 Å². The van der Waals surface area contributed by atoms with Gasteiger partial charge in [-0.3, -0.25) is 0 Å². The summed E-state index contributed by atoms with van der Waals surface area (Å²) in [6, 6.07) is 22.4. The first-order chi connectivity index (χ1) is 16.1. The van der Waals surface area contributed by atoms with E-state index in [2.05, 4.69) is 85.8 Å². The molecule has 0 amide bonds. The third-order valence-corrected chi connectivity index (χ3v) is 13.0. The fourth-order valence-electron chi connectivity index (χ4n) is 4.44. The summed E-state index contributed by atoms with van der Waals surface area (Å²) in [5.41, 5.74) is 0. The van der Waals surface area contributed by atoms with E-state index in [4.69, 9.17) is 4.43 Å². The summed E-state index contributed by atoms with van der Waals surface area (Å²) >= 11 is 0. The fourth-order valence-corrected chi connectivity index (χ4v) is 10.6. The molecule has 0 aliphatic carbocycles. The third-order valence-electron chi connectivity index (χ3n) is 6.25. The molecule has 2 aromatic carbocycles. The van der Waals surface area contributed by atoms with Crippen LogP contribution in [0.1, 0.15) is 27.7 Å². The maximum atomic E-state index is 12.9. The fraction of sp³-hybridized carbons (Fsp3) is 0.333. The quantitative estimate of drug-likeness (QED) is 0.239. The van der Waals surface area contributed by atoms with Gasteiger partial charge in [0.05, 0.1) is 5.75 Å². The maximum absolute atomic E-state index is 12.9. The lowest BCUT2D eigenvalue weighted by molar-refractivity contribution is 0.230. The van der Waals surface area contributed by atoms with Gasteiger partial charge >= 0.3 is 0 Å². The van der Waals surface area contributed by atoms with Gasteiger partial charge in [-0.25, -0.2) is 18.4 Å². The first-order valence-electron chi connectivity index (χ1n) is 11.5. The molecule has 5 nitrogen and oxygen atoms in total. The average Bonchev–Trinajstić information content (AvgIpc) is 2.82. The molecule has 0 N–H and O–H groups in total. The Bertz CT molecular complexity index is 1130. The summed E-state index contributed by atoms with van der Waals surface area (Å²) in [5.74, 6) is -0.442. The van der Waals surface area contributed by atoms with Crippen molar-refractivity contribution in [3.63, 3.8) is 0 Å². The van der Waals surface area contributed by atoms with Gasteiger partial charge in [-0.1, -0.05) is 94.4 Å². The Balaban J connectivity index is 1.93. The van der Waals surface area contributed by atoms with E-state index in [0.29, 0.717) is 6.61 Å². The summed E-state index contributed by atoms with van der Waals surface area (Å²) in [4.78, 5) is 7.87. The van der Waals surface area contributed by atoms with Crippen molar-refractivity contribution in [2.75, 3.05) is 12.4 Å². The molecule has 7 heteroatoms. The second-order valence-electron chi connectivity index (χ2n) is 9.66. The molecular formula is C27H34N2O3SSi. The summed E-state index contributed by atoms with van der Waals surface area (Å²) < 4.78 is 32.8. The molecule has 0 fully saturated rings. The highest BCUT2D eigenvalue weighted by Gasteiger charge is 2.50. The van der Waals surface area contributed by atoms with Gasteiger partial charge in [0.2, 0.25) is 15.0 Å². The summed E-state index contributed by atoms with van der Waals surface area (Å²) in [6.07, 6.45) is 4.70. The summed E-state index contributed by atoms with van der Waals surface area (Å²) in [7, 11) is -6.33. The summed E-state index contributed by atoms with van der Waals surface area (Å²) in [5, 5.41) is 2.08. The van der Waals surface area contributed by atoms with Crippen molar-refractivity contribution >= 4 is 28.5 Å². The minimum Gasteiger partial charge on any atom is -0.407 e. The van der Waals surface area contributed by atoms with Crippen molar-refractivity contribution in [3.05, 3.63) is 91.8 Å². The number of rotatable bonds is 10. The molecule has 0 spiro atoms. The van der Waals surface area contributed by atoms with Gasteiger partial charge in [-0.15, -0.1) is 6.58 Å². The molecule has 3 aromatic rings. The van der Waals surface area contributed by atoms with Gasteiger partial charge < -0.3 is 4.43 Å². The first-order valence-corrected chi connectivity index (χ1v) is 15.0. The molecule has 0 bridgehead atoms.